The summed E-state index contributed by atoms with van der Waals surface area (Å²) in [7, 11) is 0. The highest BCUT2D eigenvalue weighted by molar-refractivity contribution is 6.50. The number of benzene rings is 1. The van der Waals surface area contributed by atoms with Crippen molar-refractivity contribution in [3.05, 3.63) is 29.6 Å². The highest BCUT2D eigenvalue weighted by atomic mass is 35.5. The van der Waals surface area contributed by atoms with Gasteiger partial charge in [-0.2, -0.15) is 5.26 Å². The molecule has 1 aliphatic heterocycles. The minimum Gasteiger partial charge on any atom is -0.368 e. The Bertz CT molecular complexity index is 577. The number of halogens is 3. The Morgan fingerprint density at radius 2 is 1.95 bits per heavy atom. The molecule has 1 aliphatic carbocycles. The highest BCUT2D eigenvalue weighted by Gasteiger charge is 2.52. The van der Waals surface area contributed by atoms with Crippen LogP contribution in [0.4, 0.5) is 10.1 Å². The van der Waals surface area contributed by atoms with Crippen LogP contribution in [-0.2, 0) is 0 Å². The Balaban J connectivity index is 1.61. The third kappa shape index (κ3) is 3.11. The number of nitriles is 1. The van der Waals surface area contributed by atoms with Crippen LogP contribution in [0.2, 0.25) is 0 Å². The number of rotatable bonds is 3. The second-order valence-corrected chi connectivity index (χ2v) is 7.24. The van der Waals surface area contributed by atoms with E-state index in [0.29, 0.717) is 11.6 Å². The van der Waals surface area contributed by atoms with Gasteiger partial charge in [0, 0.05) is 38.6 Å². The second kappa shape index (κ2) is 5.64. The fourth-order valence-corrected chi connectivity index (χ4v) is 3.35. The van der Waals surface area contributed by atoms with Crippen molar-refractivity contribution in [2.75, 3.05) is 37.6 Å². The smallest absolute Gasteiger partial charge is 0.143 e. The SMILES string of the molecule is N#Cc1c(F)cccc1N1CCN(C[C@@H]2CC2(Cl)Cl)CC1. The monoisotopic (exact) mass is 327 g/mol. The van der Waals surface area contributed by atoms with Crippen LogP contribution in [0.3, 0.4) is 0 Å². The van der Waals surface area contributed by atoms with E-state index in [1.807, 2.05) is 6.07 Å². The predicted octanol–water partition coefficient (Wildman–Crippen LogP) is 3.01. The van der Waals surface area contributed by atoms with E-state index in [4.69, 9.17) is 28.5 Å². The normalized spacial score (nSPS) is 24.7. The van der Waals surface area contributed by atoms with Crippen LogP contribution in [-0.4, -0.2) is 42.0 Å². The molecule has 1 heterocycles. The van der Waals surface area contributed by atoms with Crippen LogP contribution in [0.5, 0.6) is 0 Å². The fourth-order valence-electron chi connectivity index (χ4n) is 2.84. The molecule has 1 saturated carbocycles. The van der Waals surface area contributed by atoms with Crippen molar-refractivity contribution in [2.24, 2.45) is 5.92 Å². The average Bonchev–Trinajstić information content (AvgIpc) is 3.06. The van der Waals surface area contributed by atoms with Gasteiger partial charge in [0.05, 0.1) is 5.69 Å². The van der Waals surface area contributed by atoms with Crippen molar-refractivity contribution in [1.82, 2.24) is 4.90 Å². The molecule has 1 aromatic rings. The number of hydrogen-bond acceptors (Lipinski definition) is 3. The van der Waals surface area contributed by atoms with E-state index in [1.165, 1.54) is 6.07 Å². The Morgan fingerprint density at radius 3 is 2.52 bits per heavy atom. The molecule has 1 atom stereocenters. The molecule has 0 aromatic heterocycles. The molecule has 0 radical (unpaired) electrons. The molecule has 21 heavy (non-hydrogen) atoms. The number of piperazine rings is 1. The van der Waals surface area contributed by atoms with Crippen LogP contribution in [0.15, 0.2) is 18.2 Å². The zero-order valence-electron chi connectivity index (χ0n) is 11.5. The molecule has 3 nitrogen and oxygen atoms in total. The summed E-state index contributed by atoms with van der Waals surface area (Å²) in [5.41, 5.74) is 0.821. The minimum atomic E-state index is -0.534. The maximum atomic E-state index is 13.7. The first-order chi connectivity index (χ1) is 10.0. The molecule has 0 unspecified atom stereocenters. The molecular formula is C15H16Cl2FN3. The molecule has 6 heteroatoms. The summed E-state index contributed by atoms with van der Waals surface area (Å²) >= 11 is 12.1. The lowest BCUT2D eigenvalue weighted by atomic mass is 10.1. The summed E-state index contributed by atoms with van der Waals surface area (Å²) < 4.78 is 13.1. The van der Waals surface area contributed by atoms with E-state index in [1.54, 1.807) is 12.1 Å². The van der Waals surface area contributed by atoms with E-state index in [0.717, 1.165) is 39.1 Å². The van der Waals surface area contributed by atoms with E-state index in [9.17, 15) is 4.39 Å². The first-order valence-corrected chi connectivity index (χ1v) is 7.80. The second-order valence-electron chi connectivity index (χ2n) is 5.70. The summed E-state index contributed by atoms with van der Waals surface area (Å²) in [6.45, 7) is 4.23. The standard InChI is InChI=1S/C15H16Cl2FN3/c16-15(17)8-11(15)10-20-4-6-21(7-5-20)14-3-1-2-13(18)12(14)9-19/h1-3,11H,4-8,10H2/t11-/m0/s1. The summed E-state index contributed by atoms with van der Waals surface area (Å²) in [5, 5.41) is 9.11. The fraction of sp³-hybridized carbons (Fsp3) is 0.533. The number of hydrogen-bond donors (Lipinski definition) is 0. The van der Waals surface area contributed by atoms with Gasteiger partial charge in [0.15, 0.2) is 0 Å². The first kappa shape index (κ1) is 14.9. The van der Waals surface area contributed by atoms with Crippen molar-refractivity contribution in [3.63, 3.8) is 0 Å². The summed E-state index contributed by atoms with van der Waals surface area (Å²) in [4.78, 5) is 4.40. The lowest BCUT2D eigenvalue weighted by Crippen LogP contribution is -2.47. The first-order valence-electron chi connectivity index (χ1n) is 7.05. The quantitative estimate of drug-likeness (QED) is 0.799. The Morgan fingerprint density at radius 1 is 1.29 bits per heavy atom. The van der Waals surface area contributed by atoms with Crippen molar-refractivity contribution in [1.29, 1.82) is 5.26 Å². The number of alkyl halides is 2. The van der Waals surface area contributed by atoms with Crippen LogP contribution < -0.4 is 4.90 Å². The van der Waals surface area contributed by atoms with E-state index >= 15 is 0 Å². The van der Waals surface area contributed by atoms with Crippen molar-refractivity contribution >= 4 is 28.9 Å². The number of anilines is 1. The van der Waals surface area contributed by atoms with Crippen molar-refractivity contribution in [2.45, 2.75) is 10.8 Å². The molecule has 112 valence electrons. The van der Waals surface area contributed by atoms with Crippen molar-refractivity contribution in [3.8, 4) is 6.07 Å². The number of nitrogens with zero attached hydrogens (tertiary/aromatic N) is 3. The third-order valence-corrected chi connectivity index (χ3v) is 5.18. The molecule has 0 N–H and O–H groups in total. The summed E-state index contributed by atoms with van der Waals surface area (Å²) in [5.74, 6) is -0.0966. The van der Waals surface area contributed by atoms with Gasteiger partial charge in [-0.3, -0.25) is 4.90 Å². The van der Waals surface area contributed by atoms with Gasteiger partial charge in [-0.25, -0.2) is 4.39 Å². The molecule has 2 aliphatic rings. The molecule has 2 fully saturated rings. The van der Waals surface area contributed by atoms with Gasteiger partial charge in [0.25, 0.3) is 0 Å². The highest BCUT2D eigenvalue weighted by Crippen LogP contribution is 2.53. The lowest BCUT2D eigenvalue weighted by Gasteiger charge is -2.36. The van der Waals surface area contributed by atoms with Gasteiger partial charge < -0.3 is 4.90 Å². The summed E-state index contributed by atoms with van der Waals surface area (Å²) in [6, 6.07) is 6.74. The Labute approximate surface area is 133 Å². The molecule has 1 aromatic carbocycles. The van der Waals surface area contributed by atoms with Crippen LogP contribution >= 0.6 is 23.2 Å². The van der Waals surface area contributed by atoms with E-state index in [2.05, 4.69) is 9.80 Å². The zero-order chi connectivity index (χ0) is 15.0. The van der Waals surface area contributed by atoms with Gasteiger partial charge in [0.2, 0.25) is 0 Å². The Hall–Kier alpha value is -1.02. The van der Waals surface area contributed by atoms with Gasteiger partial charge in [-0.05, 0) is 18.6 Å². The largest absolute Gasteiger partial charge is 0.368 e. The Kier molecular flexibility index (Phi) is 4.00. The van der Waals surface area contributed by atoms with Gasteiger partial charge in [0.1, 0.15) is 21.8 Å². The topological polar surface area (TPSA) is 30.3 Å². The molecular weight excluding hydrogens is 312 g/mol. The van der Waals surface area contributed by atoms with E-state index < -0.39 is 10.2 Å². The molecule has 0 amide bonds. The molecule has 0 bridgehead atoms. The average molecular weight is 328 g/mol. The van der Waals surface area contributed by atoms with Crippen LogP contribution in [0, 0.1) is 23.1 Å². The molecule has 3 rings (SSSR count). The molecule has 1 saturated heterocycles. The lowest BCUT2D eigenvalue weighted by molar-refractivity contribution is 0.247. The molecule has 0 spiro atoms. The zero-order valence-corrected chi connectivity index (χ0v) is 13.0. The van der Waals surface area contributed by atoms with Gasteiger partial charge >= 0.3 is 0 Å². The van der Waals surface area contributed by atoms with Gasteiger partial charge in [-0.15, -0.1) is 23.2 Å². The maximum absolute atomic E-state index is 13.7. The maximum Gasteiger partial charge on any atom is 0.143 e. The van der Waals surface area contributed by atoms with Crippen LogP contribution in [0.1, 0.15) is 12.0 Å². The van der Waals surface area contributed by atoms with Gasteiger partial charge in [-0.1, -0.05) is 6.07 Å². The summed E-state index contributed by atoms with van der Waals surface area (Å²) in [6.07, 6.45) is 0.860. The predicted molar refractivity (Wildman–Crippen MR) is 82.3 cm³/mol. The minimum absolute atomic E-state index is 0.133. The van der Waals surface area contributed by atoms with Crippen LogP contribution in [0.25, 0.3) is 0 Å². The third-order valence-electron chi connectivity index (χ3n) is 4.25. The van der Waals surface area contributed by atoms with Crippen molar-refractivity contribution < 1.29 is 4.39 Å². The van der Waals surface area contributed by atoms with E-state index in [-0.39, 0.29) is 5.56 Å².